The third-order valence-corrected chi connectivity index (χ3v) is 5.04. The van der Waals surface area contributed by atoms with Gasteiger partial charge in [0.1, 0.15) is 5.52 Å². The van der Waals surface area contributed by atoms with Gasteiger partial charge < -0.3 is 9.32 Å². The van der Waals surface area contributed by atoms with E-state index in [0.29, 0.717) is 18.7 Å². The van der Waals surface area contributed by atoms with Crippen LogP contribution in [0.4, 0.5) is 5.69 Å². The third kappa shape index (κ3) is 3.53. The van der Waals surface area contributed by atoms with Gasteiger partial charge in [-0.1, -0.05) is 30.3 Å². The lowest BCUT2D eigenvalue weighted by Crippen LogP contribution is -2.38. The number of carbonyl (C=O) groups excluding carboxylic acids is 1. The van der Waals surface area contributed by atoms with Crippen LogP contribution in [0.15, 0.2) is 52.9 Å². The van der Waals surface area contributed by atoms with Crippen molar-refractivity contribution in [3.8, 4) is 0 Å². The van der Waals surface area contributed by atoms with Crippen LogP contribution in [0, 0.1) is 10.1 Å². The van der Waals surface area contributed by atoms with Gasteiger partial charge >= 0.3 is 0 Å². The molecule has 2 aromatic carbocycles. The molecule has 138 valence electrons. The van der Waals surface area contributed by atoms with Crippen LogP contribution in [0.5, 0.6) is 0 Å². The molecule has 0 atom stereocenters. The van der Waals surface area contributed by atoms with Crippen LogP contribution in [0.25, 0.3) is 11.1 Å². The smallest absolute Gasteiger partial charge is 0.273 e. The molecule has 0 radical (unpaired) electrons. The number of hydrogen-bond acceptors (Lipinski definition) is 5. The number of likely N-dealkylation sites (tertiary alicyclic amines) is 1. The predicted octanol–water partition coefficient (Wildman–Crippen LogP) is 3.68. The van der Waals surface area contributed by atoms with Gasteiger partial charge in [-0.25, -0.2) is 4.98 Å². The van der Waals surface area contributed by atoms with Crippen LogP contribution in [0.3, 0.4) is 0 Å². The number of nitro benzene ring substituents is 1. The van der Waals surface area contributed by atoms with Crippen molar-refractivity contribution in [3.05, 3.63) is 70.1 Å². The molecular formula is C20H19N3O4. The highest BCUT2D eigenvalue weighted by molar-refractivity contribution is 5.80. The number of amides is 1. The zero-order valence-electron chi connectivity index (χ0n) is 14.7. The zero-order valence-corrected chi connectivity index (χ0v) is 14.7. The van der Waals surface area contributed by atoms with Gasteiger partial charge in [0.25, 0.3) is 5.69 Å². The second-order valence-electron chi connectivity index (χ2n) is 6.74. The Hall–Kier alpha value is -3.22. The van der Waals surface area contributed by atoms with Crippen molar-refractivity contribution in [1.29, 1.82) is 0 Å². The van der Waals surface area contributed by atoms with Crippen LogP contribution >= 0.6 is 0 Å². The number of nitrogens with zero attached hydrogens (tertiary/aromatic N) is 3. The van der Waals surface area contributed by atoms with Crippen molar-refractivity contribution in [3.63, 3.8) is 0 Å². The van der Waals surface area contributed by atoms with E-state index in [9.17, 15) is 14.9 Å². The number of carbonyl (C=O) groups is 1. The van der Waals surface area contributed by atoms with Gasteiger partial charge in [0.2, 0.25) is 5.91 Å². The number of hydrogen-bond donors (Lipinski definition) is 0. The summed E-state index contributed by atoms with van der Waals surface area (Å²) >= 11 is 0. The van der Waals surface area contributed by atoms with Gasteiger partial charge in [-0.3, -0.25) is 14.9 Å². The van der Waals surface area contributed by atoms with Crippen molar-refractivity contribution in [2.45, 2.75) is 25.2 Å². The second-order valence-corrected chi connectivity index (χ2v) is 6.74. The first-order chi connectivity index (χ1) is 13.1. The topological polar surface area (TPSA) is 89.5 Å². The lowest BCUT2D eigenvalue weighted by atomic mass is 9.96. The fourth-order valence-electron chi connectivity index (χ4n) is 3.55. The van der Waals surface area contributed by atoms with Crippen molar-refractivity contribution >= 4 is 22.7 Å². The van der Waals surface area contributed by atoms with Crippen LogP contribution < -0.4 is 0 Å². The Balaban J connectivity index is 1.40. The Morgan fingerprint density at radius 2 is 1.85 bits per heavy atom. The molecular weight excluding hydrogens is 346 g/mol. The number of piperidine rings is 1. The minimum atomic E-state index is -0.442. The number of rotatable bonds is 4. The van der Waals surface area contributed by atoms with Crippen LogP contribution in [-0.2, 0) is 11.2 Å². The highest BCUT2D eigenvalue weighted by atomic mass is 16.6. The monoisotopic (exact) mass is 365 g/mol. The van der Waals surface area contributed by atoms with Gasteiger partial charge in [-0.05, 0) is 25.0 Å². The van der Waals surface area contributed by atoms with Crippen molar-refractivity contribution in [1.82, 2.24) is 9.88 Å². The third-order valence-electron chi connectivity index (χ3n) is 5.04. The average molecular weight is 365 g/mol. The number of benzene rings is 2. The highest BCUT2D eigenvalue weighted by Crippen LogP contribution is 2.30. The maximum atomic E-state index is 12.6. The van der Waals surface area contributed by atoms with E-state index in [1.54, 1.807) is 23.1 Å². The van der Waals surface area contributed by atoms with Gasteiger partial charge in [0.15, 0.2) is 11.5 Å². The molecule has 3 aromatic rings. The Morgan fingerprint density at radius 1 is 1.15 bits per heavy atom. The summed E-state index contributed by atoms with van der Waals surface area (Å²) in [5, 5.41) is 11.1. The lowest BCUT2D eigenvalue weighted by molar-refractivity contribution is -0.385. The van der Waals surface area contributed by atoms with Crippen LogP contribution in [-0.4, -0.2) is 33.8 Å². The van der Waals surface area contributed by atoms with E-state index < -0.39 is 4.92 Å². The molecule has 7 nitrogen and oxygen atoms in total. The molecule has 0 N–H and O–H groups in total. The van der Waals surface area contributed by atoms with E-state index >= 15 is 0 Å². The first kappa shape index (κ1) is 17.2. The Bertz CT molecular complexity index is 957. The Labute approximate surface area is 155 Å². The molecule has 1 aliphatic heterocycles. The summed E-state index contributed by atoms with van der Waals surface area (Å²) in [5.41, 5.74) is 2.07. The van der Waals surface area contributed by atoms with E-state index in [-0.39, 0.29) is 23.9 Å². The number of fused-ring (bicyclic) bond motifs is 1. The molecule has 1 aromatic heterocycles. The largest absolute Gasteiger partial charge is 0.440 e. The van der Waals surface area contributed by atoms with Crippen molar-refractivity contribution in [2.75, 3.05) is 13.1 Å². The number of oxazole rings is 1. The fraction of sp³-hybridized carbons (Fsp3) is 0.300. The molecule has 27 heavy (non-hydrogen) atoms. The molecule has 1 fully saturated rings. The molecule has 0 unspecified atom stereocenters. The maximum absolute atomic E-state index is 12.6. The average Bonchev–Trinajstić information content (AvgIpc) is 3.12. The first-order valence-electron chi connectivity index (χ1n) is 8.97. The molecule has 1 amide bonds. The summed E-state index contributed by atoms with van der Waals surface area (Å²) in [6.07, 6.45) is 1.59. The Kier molecular flexibility index (Phi) is 4.58. The van der Waals surface area contributed by atoms with E-state index in [2.05, 4.69) is 4.98 Å². The molecule has 4 rings (SSSR count). The van der Waals surface area contributed by atoms with Crippen molar-refractivity contribution < 1.29 is 14.1 Å². The SMILES string of the molecule is O=C(Cc1ccccc1[N+](=O)[O-])N1CCC(c2nc3ccccc3o2)CC1. The highest BCUT2D eigenvalue weighted by Gasteiger charge is 2.28. The quantitative estimate of drug-likeness (QED) is 0.520. The predicted molar refractivity (Wildman–Crippen MR) is 99.4 cm³/mol. The molecule has 7 heteroatoms. The Morgan fingerprint density at radius 3 is 2.59 bits per heavy atom. The molecule has 0 saturated carbocycles. The molecule has 1 aliphatic rings. The standard InChI is InChI=1S/C20H19N3O4/c24-19(13-15-5-1-3-7-17(15)23(25)26)22-11-9-14(10-12-22)20-21-16-6-2-4-8-18(16)27-20/h1-8,14H,9-13H2. The van der Waals surface area contributed by atoms with Gasteiger partial charge in [-0.2, -0.15) is 0 Å². The molecule has 0 bridgehead atoms. The lowest BCUT2D eigenvalue weighted by Gasteiger charge is -2.30. The molecule has 0 spiro atoms. The maximum Gasteiger partial charge on any atom is 0.273 e. The van der Waals surface area contributed by atoms with Gasteiger partial charge in [-0.15, -0.1) is 0 Å². The normalized spacial score (nSPS) is 15.2. The van der Waals surface area contributed by atoms with Gasteiger partial charge in [0.05, 0.1) is 11.3 Å². The van der Waals surface area contributed by atoms with Crippen molar-refractivity contribution in [2.24, 2.45) is 0 Å². The van der Waals surface area contributed by atoms with E-state index in [1.807, 2.05) is 24.3 Å². The minimum Gasteiger partial charge on any atom is -0.440 e. The first-order valence-corrected chi connectivity index (χ1v) is 8.97. The summed E-state index contributed by atoms with van der Waals surface area (Å²) in [4.78, 5) is 29.6. The summed E-state index contributed by atoms with van der Waals surface area (Å²) in [6.45, 7) is 1.20. The molecule has 0 aliphatic carbocycles. The molecule has 2 heterocycles. The fourth-order valence-corrected chi connectivity index (χ4v) is 3.55. The van der Waals surface area contributed by atoms with E-state index in [4.69, 9.17) is 4.42 Å². The zero-order chi connectivity index (χ0) is 18.8. The van der Waals surface area contributed by atoms with E-state index in [1.165, 1.54) is 6.07 Å². The second kappa shape index (κ2) is 7.19. The summed E-state index contributed by atoms with van der Waals surface area (Å²) in [7, 11) is 0. The summed E-state index contributed by atoms with van der Waals surface area (Å²) in [6, 6.07) is 14.1. The summed E-state index contributed by atoms with van der Waals surface area (Å²) < 4.78 is 5.85. The van der Waals surface area contributed by atoms with Gasteiger partial charge in [0, 0.05) is 30.6 Å². The van der Waals surface area contributed by atoms with Crippen LogP contribution in [0.1, 0.15) is 30.2 Å². The number of para-hydroxylation sites is 3. The number of nitro groups is 1. The van der Waals surface area contributed by atoms with E-state index in [0.717, 1.165) is 29.8 Å². The summed E-state index contributed by atoms with van der Waals surface area (Å²) in [5.74, 6) is 0.829. The number of aromatic nitrogens is 1. The molecule has 1 saturated heterocycles. The van der Waals surface area contributed by atoms with Crippen LogP contribution in [0.2, 0.25) is 0 Å². The minimum absolute atomic E-state index is 0.00721.